The van der Waals surface area contributed by atoms with Gasteiger partial charge in [0, 0.05) is 38.3 Å². The van der Waals surface area contributed by atoms with Crippen molar-refractivity contribution in [3.63, 3.8) is 0 Å². The van der Waals surface area contributed by atoms with Crippen LogP contribution in [0, 0.1) is 0 Å². The summed E-state index contributed by atoms with van der Waals surface area (Å²) in [4.78, 5) is 38.2. The molecule has 3 aromatic rings. The Bertz CT molecular complexity index is 1110. The first-order valence-electron chi connectivity index (χ1n) is 11.1. The Morgan fingerprint density at radius 3 is 2.06 bits per heavy atom. The van der Waals surface area contributed by atoms with Gasteiger partial charge in [0.05, 0.1) is 0 Å². The number of imide groups is 1. The van der Waals surface area contributed by atoms with Gasteiger partial charge >= 0.3 is 5.97 Å². The van der Waals surface area contributed by atoms with E-state index in [2.05, 4.69) is 10.6 Å². The van der Waals surface area contributed by atoms with E-state index in [1.165, 1.54) is 0 Å². The van der Waals surface area contributed by atoms with Gasteiger partial charge in [0.2, 0.25) is 5.91 Å². The molecule has 0 aliphatic rings. The Hall–Kier alpha value is -3.97. The number of rotatable bonds is 10. The summed E-state index contributed by atoms with van der Waals surface area (Å²) in [6, 6.07) is 23.6. The summed E-state index contributed by atoms with van der Waals surface area (Å²) in [6.07, 6.45) is -0.0193. The predicted molar refractivity (Wildman–Crippen MR) is 133 cm³/mol. The number of hydrogen-bond donors (Lipinski definition) is 3. The molecule has 3 rings (SSSR count). The molecule has 176 valence electrons. The van der Waals surface area contributed by atoms with Gasteiger partial charge in [-0.25, -0.2) is 0 Å². The van der Waals surface area contributed by atoms with E-state index >= 15 is 0 Å². The van der Waals surface area contributed by atoms with Crippen LogP contribution >= 0.6 is 0 Å². The maximum Gasteiger partial charge on any atom is 0.320 e. The number of nitrogens with zero attached hydrogens (tertiary/aromatic N) is 1. The van der Waals surface area contributed by atoms with Crippen molar-refractivity contribution in [2.24, 2.45) is 0 Å². The van der Waals surface area contributed by atoms with Crippen molar-refractivity contribution >= 4 is 23.5 Å². The second-order valence-electron chi connectivity index (χ2n) is 8.19. The first-order valence-corrected chi connectivity index (χ1v) is 11.1. The van der Waals surface area contributed by atoms with Crippen LogP contribution in [0.3, 0.4) is 0 Å². The number of carboxylic acids is 1. The largest absolute Gasteiger partial charge is 0.480 e. The number of carboxylic acid groups (broad SMARTS) is 1. The lowest BCUT2D eigenvalue weighted by atomic mass is 10.0. The molecule has 0 heterocycles. The van der Waals surface area contributed by atoms with Crippen LogP contribution in [0.25, 0.3) is 11.1 Å². The molecule has 2 amide bonds. The standard InChI is InChI=1S/C27H29N3O4/c1-30(2)23-14-8-19(9-15-23)18-28-24(27(33)34)16-17-25(31)29-26(32)22-12-10-21(11-13-22)20-6-4-3-5-7-20/h3-15,24,28H,16-18H2,1-2H3,(H,33,34)(H,29,31,32)/t24-/m0/s1. The summed E-state index contributed by atoms with van der Waals surface area (Å²) in [5, 5.41) is 14.8. The third-order valence-electron chi connectivity index (χ3n) is 5.47. The van der Waals surface area contributed by atoms with Crippen molar-refractivity contribution in [2.75, 3.05) is 19.0 Å². The topological polar surface area (TPSA) is 98.7 Å². The molecule has 0 aromatic heterocycles. The van der Waals surface area contributed by atoms with Crippen molar-refractivity contribution in [2.45, 2.75) is 25.4 Å². The monoisotopic (exact) mass is 459 g/mol. The van der Waals surface area contributed by atoms with Crippen molar-refractivity contribution in [3.05, 3.63) is 90.0 Å². The number of benzene rings is 3. The summed E-state index contributed by atoms with van der Waals surface area (Å²) in [5.41, 5.74) is 4.36. The Morgan fingerprint density at radius 2 is 1.47 bits per heavy atom. The maximum atomic E-state index is 12.4. The van der Waals surface area contributed by atoms with E-state index < -0.39 is 23.8 Å². The van der Waals surface area contributed by atoms with E-state index in [-0.39, 0.29) is 12.8 Å². The van der Waals surface area contributed by atoms with E-state index in [0.717, 1.165) is 22.4 Å². The van der Waals surface area contributed by atoms with Crippen LogP contribution in [0.4, 0.5) is 5.69 Å². The first-order chi connectivity index (χ1) is 16.3. The maximum absolute atomic E-state index is 12.4. The zero-order valence-electron chi connectivity index (χ0n) is 19.3. The van der Waals surface area contributed by atoms with E-state index in [1.807, 2.05) is 85.7 Å². The van der Waals surface area contributed by atoms with Crippen LogP contribution < -0.4 is 15.5 Å². The zero-order chi connectivity index (χ0) is 24.5. The average Bonchev–Trinajstić information content (AvgIpc) is 2.84. The van der Waals surface area contributed by atoms with Gasteiger partial charge in [0.25, 0.3) is 5.91 Å². The van der Waals surface area contributed by atoms with Crippen molar-refractivity contribution in [3.8, 4) is 11.1 Å². The van der Waals surface area contributed by atoms with Crippen LogP contribution in [0.15, 0.2) is 78.9 Å². The van der Waals surface area contributed by atoms with Crippen molar-refractivity contribution in [1.82, 2.24) is 10.6 Å². The third kappa shape index (κ3) is 7.02. The number of carbonyl (C=O) groups is 3. The van der Waals surface area contributed by atoms with Gasteiger partial charge in [-0.05, 0) is 47.4 Å². The highest BCUT2D eigenvalue weighted by molar-refractivity contribution is 6.04. The van der Waals surface area contributed by atoms with Gasteiger partial charge in [0.1, 0.15) is 6.04 Å². The summed E-state index contributed by atoms with van der Waals surface area (Å²) in [7, 11) is 3.90. The van der Waals surface area contributed by atoms with Crippen LogP contribution in [0.2, 0.25) is 0 Å². The molecule has 7 nitrogen and oxygen atoms in total. The fourth-order valence-electron chi connectivity index (χ4n) is 3.45. The number of hydrogen-bond acceptors (Lipinski definition) is 5. The molecule has 0 aliphatic carbocycles. The van der Waals surface area contributed by atoms with E-state index in [9.17, 15) is 19.5 Å². The SMILES string of the molecule is CN(C)c1ccc(CN[C@@H](CCC(=O)NC(=O)c2ccc(-c3ccccc3)cc2)C(=O)O)cc1. The Balaban J connectivity index is 1.48. The molecule has 34 heavy (non-hydrogen) atoms. The molecule has 0 radical (unpaired) electrons. The molecule has 0 saturated heterocycles. The second kappa shape index (κ2) is 11.8. The highest BCUT2D eigenvalue weighted by atomic mass is 16.4. The molecule has 1 atom stereocenters. The normalized spacial score (nSPS) is 11.5. The fraction of sp³-hybridized carbons (Fsp3) is 0.222. The minimum absolute atomic E-state index is 0.0666. The minimum Gasteiger partial charge on any atom is -0.480 e. The molecule has 0 unspecified atom stereocenters. The zero-order valence-corrected chi connectivity index (χ0v) is 19.3. The number of amides is 2. The fourth-order valence-corrected chi connectivity index (χ4v) is 3.45. The Kier molecular flexibility index (Phi) is 8.54. The van der Waals surface area contributed by atoms with Gasteiger partial charge in [-0.1, -0.05) is 54.6 Å². The summed E-state index contributed by atoms with van der Waals surface area (Å²) >= 11 is 0. The van der Waals surface area contributed by atoms with Gasteiger partial charge in [-0.3, -0.25) is 19.7 Å². The lowest BCUT2D eigenvalue weighted by Crippen LogP contribution is -2.38. The molecular formula is C27H29N3O4. The number of anilines is 1. The van der Waals surface area contributed by atoms with Crippen molar-refractivity contribution in [1.29, 1.82) is 0 Å². The molecule has 7 heteroatoms. The number of nitrogens with one attached hydrogen (secondary N) is 2. The molecule has 0 fully saturated rings. The van der Waals surface area contributed by atoms with Crippen LogP contribution in [-0.4, -0.2) is 43.0 Å². The average molecular weight is 460 g/mol. The van der Waals surface area contributed by atoms with Crippen molar-refractivity contribution < 1.29 is 19.5 Å². The van der Waals surface area contributed by atoms with Gasteiger partial charge < -0.3 is 15.3 Å². The molecule has 3 N–H and O–H groups in total. The van der Waals surface area contributed by atoms with Crippen LogP contribution in [0.5, 0.6) is 0 Å². The number of carbonyl (C=O) groups excluding carboxylic acids is 2. The lowest BCUT2D eigenvalue weighted by molar-refractivity contribution is -0.139. The number of aliphatic carboxylic acids is 1. The highest BCUT2D eigenvalue weighted by Crippen LogP contribution is 2.19. The smallest absolute Gasteiger partial charge is 0.320 e. The molecule has 3 aromatic carbocycles. The lowest BCUT2D eigenvalue weighted by Gasteiger charge is -2.16. The molecule has 0 saturated carbocycles. The van der Waals surface area contributed by atoms with Gasteiger partial charge in [-0.2, -0.15) is 0 Å². The summed E-state index contributed by atoms with van der Waals surface area (Å²) in [6.45, 7) is 0.360. The summed E-state index contributed by atoms with van der Waals surface area (Å²) < 4.78 is 0. The molecular weight excluding hydrogens is 430 g/mol. The van der Waals surface area contributed by atoms with E-state index in [1.54, 1.807) is 12.1 Å². The predicted octanol–water partition coefficient (Wildman–Crippen LogP) is 3.70. The van der Waals surface area contributed by atoms with Gasteiger partial charge in [-0.15, -0.1) is 0 Å². The van der Waals surface area contributed by atoms with Crippen LogP contribution in [-0.2, 0) is 16.1 Å². The Morgan fingerprint density at radius 1 is 0.853 bits per heavy atom. The second-order valence-corrected chi connectivity index (χ2v) is 8.19. The van der Waals surface area contributed by atoms with Gasteiger partial charge in [0.15, 0.2) is 0 Å². The van der Waals surface area contributed by atoms with E-state index in [0.29, 0.717) is 12.1 Å². The quantitative estimate of drug-likeness (QED) is 0.428. The first kappa shape index (κ1) is 24.7. The molecule has 0 spiro atoms. The summed E-state index contributed by atoms with van der Waals surface area (Å²) in [5.74, 6) is -2.06. The Labute approximate surface area is 199 Å². The van der Waals surface area contributed by atoms with Crippen LogP contribution in [0.1, 0.15) is 28.8 Å². The molecule has 0 bridgehead atoms. The highest BCUT2D eigenvalue weighted by Gasteiger charge is 2.19. The minimum atomic E-state index is -1.04. The third-order valence-corrected chi connectivity index (χ3v) is 5.47. The van der Waals surface area contributed by atoms with E-state index in [4.69, 9.17) is 0 Å². The molecule has 0 aliphatic heterocycles.